The maximum absolute atomic E-state index is 13.1. The largest absolute Gasteiger partial charge is 0.369 e. The Hall–Kier alpha value is -2.41. The van der Waals surface area contributed by atoms with Gasteiger partial charge in [0.2, 0.25) is 5.76 Å². The fourth-order valence-corrected chi connectivity index (χ4v) is 3.99. The molecule has 148 valence electrons. The average Bonchev–Trinajstić information content (AvgIpc) is 3.63. The molecule has 0 spiro atoms. The first-order valence-corrected chi connectivity index (χ1v) is 10.1. The molecule has 5 rings (SSSR count). The van der Waals surface area contributed by atoms with Crippen LogP contribution in [-0.4, -0.2) is 54.2 Å². The highest BCUT2D eigenvalue weighted by Crippen LogP contribution is 2.40. The summed E-state index contributed by atoms with van der Waals surface area (Å²) in [5.74, 6) is 0.457. The van der Waals surface area contributed by atoms with Crippen LogP contribution in [0.2, 0.25) is 0 Å². The zero-order chi connectivity index (χ0) is 19.1. The first kappa shape index (κ1) is 17.7. The van der Waals surface area contributed by atoms with Crippen molar-refractivity contribution in [2.45, 2.75) is 37.1 Å². The lowest BCUT2D eigenvalue weighted by Crippen LogP contribution is -2.52. The molecule has 2 aromatic rings. The fraction of sp³-hybridized carbons (Fsp3) is 0.524. The molecule has 28 heavy (non-hydrogen) atoms. The Kier molecular flexibility index (Phi) is 4.34. The number of piperazine rings is 1. The highest BCUT2D eigenvalue weighted by molar-refractivity contribution is 5.92. The predicted molar refractivity (Wildman–Crippen MR) is 103 cm³/mol. The van der Waals surface area contributed by atoms with Crippen LogP contribution in [0, 0.1) is 5.82 Å². The van der Waals surface area contributed by atoms with Crippen LogP contribution < -0.4 is 10.2 Å². The molecule has 0 bridgehead atoms. The summed E-state index contributed by atoms with van der Waals surface area (Å²) in [5, 5.41) is 7.22. The molecular formula is C21H25FN4O2. The van der Waals surface area contributed by atoms with E-state index in [9.17, 15) is 9.18 Å². The van der Waals surface area contributed by atoms with Crippen LogP contribution in [0.25, 0.3) is 0 Å². The summed E-state index contributed by atoms with van der Waals surface area (Å²) in [6, 6.07) is 8.48. The standard InChI is InChI=1S/C21H25FN4O2/c22-16-3-5-17(6-4-16)26-11-9-25(10-12-26)14-21(7-8-21)23-20(27)19-13-18(24-28-19)15-1-2-15/h3-6,13,15H,1-2,7-12,14H2,(H,23,27). The highest BCUT2D eigenvalue weighted by Gasteiger charge is 2.46. The first-order chi connectivity index (χ1) is 13.6. The number of nitrogens with zero attached hydrogens (tertiary/aromatic N) is 3. The molecule has 1 aromatic carbocycles. The Morgan fingerprint density at radius 2 is 1.89 bits per heavy atom. The molecule has 6 nitrogen and oxygen atoms in total. The van der Waals surface area contributed by atoms with Crippen LogP contribution in [0.4, 0.5) is 10.1 Å². The third-order valence-corrected chi connectivity index (χ3v) is 6.07. The summed E-state index contributed by atoms with van der Waals surface area (Å²) in [7, 11) is 0. The molecule has 1 N–H and O–H groups in total. The van der Waals surface area contributed by atoms with E-state index in [1.807, 2.05) is 12.1 Å². The normalized spacial score (nSPS) is 21.5. The van der Waals surface area contributed by atoms with E-state index in [0.717, 1.165) is 69.8 Å². The van der Waals surface area contributed by atoms with Gasteiger partial charge >= 0.3 is 0 Å². The van der Waals surface area contributed by atoms with E-state index in [1.165, 1.54) is 12.1 Å². The van der Waals surface area contributed by atoms with E-state index in [-0.39, 0.29) is 17.3 Å². The lowest BCUT2D eigenvalue weighted by atomic mass is 10.2. The van der Waals surface area contributed by atoms with Crippen molar-refractivity contribution in [2.24, 2.45) is 0 Å². The lowest BCUT2D eigenvalue weighted by molar-refractivity contribution is 0.0877. The van der Waals surface area contributed by atoms with Gasteiger partial charge in [-0.2, -0.15) is 0 Å². The smallest absolute Gasteiger partial charge is 0.290 e. The molecule has 0 unspecified atom stereocenters. The van der Waals surface area contributed by atoms with E-state index < -0.39 is 0 Å². The number of amides is 1. The van der Waals surface area contributed by atoms with Crippen LogP contribution in [0.3, 0.4) is 0 Å². The number of hydrogen-bond acceptors (Lipinski definition) is 5. The number of rotatable bonds is 6. The summed E-state index contributed by atoms with van der Waals surface area (Å²) in [5.41, 5.74) is 1.83. The maximum Gasteiger partial charge on any atom is 0.290 e. The van der Waals surface area contributed by atoms with E-state index in [2.05, 4.69) is 20.3 Å². The van der Waals surface area contributed by atoms with Crippen LogP contribution in [0.15, 0.2) is 34.9 Å². The third kappa shape index (κ3) is 3.76. The van der Waals surface area contributed by atoms with Crippen molar-refractivity contribution >= 4 is 11.6 Å². The van der Waals surface area contributed by atoms with Crippen LogP contribution in [-0.2, 0) is 0 Å². The van der Waals surface area contributed by atoms with E-state index >= 15 is 0 Å². The molecule has 1 aromatic heterocycles. The van der Waals surface area contributed by atoms with Crippen LogP contribution >= 0.6 is 0 Å². The number of aromatic nitrogens is 1. The van der Waals surface area contributed by atoms with Gasteiger partial charge in [0.15, 0.2) is 0 Å². The van der Waals surface area contributed by atoms with E-state index in [1.54, 1.807) is 6.07 Å². The Bertz CT molecular complexity index is 850. The van der Waals surface area contributed by atoms with Crippen molar-refractivity contribution in [1.82, 2.24) is 15.4 Å². The minimum absolute atomic E-state index is 0.137. The van der Waals surface area contributed by atoms with Gasteiger partial charge in [0.25, 0.3) is 5.91 Å². The SMILES string of the molecule is O=C(NC1(CN2CCN(c3ccc(F)cc3)CC2)CC1)c1cc(C2CC2)no1. The maximum atomic E-state index is 13.1. The molecule has 2 saturated carbocycles. The molecule has 3 fully saturated rings. The number of nitrogens with one attached hydrogen (secondary N) is 1. The van der Waals surface area contributed by atoms with Crippen molar-refractivity contribution in [3.05, 3.63) is 47.6 Å². The van der Waals surface area contributed by atoms with Crippen molar-refractivity contribution < 1.29 is 13.7 Å². The number of carbonyl (C=O) groups excluding carboxylic acids is 1. The van der Waals surface area contributed by atoms with Crippen molar-refractivity contribution in [1.29, 1.82) is 0 Å². The van der Waals surface area contributed by atoms with E-state index in [4.69, 9.17) is 4.52 Å². The number of halogens is 1. The molecule has 3 aliphatic rings. The van der Waals surface area contributed by atoms with Gasteiger partial charge in [-0.15, -0.1) is 0 Å². The zero-order valence-electron chi connectivity index (χ0n) is 15.9. The van der Waals surface area contributed by atoms with Crippen LogP contribution in [0.1, 0.15) is 47.8 Å². The van der Waals surface area contributed by atoms with Gasteiger partial charge in [-0.1, -0.05) is 5.16 Å². The average molecular weight is 384 g/mol. The number of anilines is 1. The summed E-state index contributed by atoms with van der Waals surface area (Å²) in [6.45, 7) is 4.54. The molecule has 2 aliphatic carbocycles. The molecule has 0 atom stereocenters. The molecular weight excluding hydrogens is 359 g/mol. The fourth-order valence-electron chi connectivity index (χ4n) is 3.99. The summed E-state index contributed by atoms with van der Waals surface area (Å²) < 4.78 is 18.4. The molecule has 0 radical (unpaired) electrons. The highest BCUT2D eigenvalue weighted by atomic mass is 19.1. The molecule has 7 heteroatoms. The van der Waals surface area contributed by atoms with Gasteiger partial charge in [-0.25, -0.2) is 4.39 Å². The van der Waals surface area contributed by atoms with E-state index in [0.29, 0.717) is 11.7 Å². The minimum atomic E-state index is -0.204. The summed E-state index contributed by atoms with van der Waals surface area (Å²) in [4.78, 5) is 17.2. The van der Waals surface area contributed by atoms with Crippen LogP contribution in [0.5, 0.6) is 0 Å². The third-order valence-electron chi connectivity index (χ3n) is 6.07. The zero-order valence-corrected chi connectivity index (χ0v) is 15.9. The van der Waals surface area contributed by atoms with Gasteiger partial charge in [0.1, 0.15) is 5.82 Å². The molecule has 1 saturated heterocycles. The van der Waals surface area contributed by atoms with Gasteiger partial charge in [0.05, 0.1) is 11.2 Å². The second-order valence-corrected chi connectivity index (χ2v) is 8.36. The van der Waals surface area contributed by atoms with Crippen molar-refractivity contribution in [2.75, 3.05) is 37.6 Å². The molecule has 2 heterocycles. The first-order valence-electron chi connectivity index (χ1n) is 10.1. The molecule has 1 amide bonds. The monoisotopic (exact) mass is 384 g/mol. The summed E-state index contributed by atoms with van der Waals surface area (Å²) in [6.07, 6.45) is 4.28. The van der Waals surface area contributed by atoms with Crippen molar-refractivity contribution in [3.63, 3.8) is 0 Å². The second-order valence-electron chi connectivity index (χ2n) is 8.36. The lowest BCUT2D eigenvalue weighted by Gasteiger charge is -2.37. The van der Waals surface area contributed by atoms with Gasteiger partial charge in [-0.3, -0.25) is 9.69 Å². The number of benzene rings is 1. The second kappa shape index (κ2) is 6.88. The van der Waals surface area contributed by atoms with Crippen molar-refractivity contribution in [3.8, 4) is 0 Å². The predicted octanol–water partition coefficient (Wildman–Crippen LogP) is 2.78. The Labute approximate surface area is 163 Å². The Morgan fingerprint density at radius 1 is 1.18 bits per heavy atom. The topological polar surface area (TPSA) is 61.6 Å². The van der Waals surface area contributed by atoms with Gasteiger partial charge in [-0.05, 0) is 49.9 Å². The Morgan fingerprint density at radius 3 is 2.54 bits per heavy atom. The van der Waals surface area contributed by atoms with Gasteiger partial charge in [0, 0.05) is 50.4 Å². The number of carbonyl (C=O) groups is 1. The quantitative estimate of drug-likeness (QED) is 0.830. The van der Waals surface area contributed by atoms with Gasteiger partial charge < -0.3 is 14.7 Å². The Balaban J connectivity index is 1.14. The summed E-state index contributed by atoms with van der Waals surface area (Å²) >= 11 is 0. The molecule has 1 aliphatic heterocycles. The minimum Gasteiger partial charge on any atom is -0.369 e. The number of hydrogen-bond donors (Lipinski definition) is 1.